The first-order valence-electron chi connectivity index (χ1n) is 9.92. The maximum atomic E-state index is 13.9. The van der Waals surface area contributed by atoms with Gasteiger partial charge in [-0.2, -0.15) is 13.2 Å². The van der Waals surface area contributed by atoms with Crippen LogP contribution in [0.4, 0.5) is 28.0 Å². The number of alkyl halides is 4. The molecule has 2 N–H and O–H groups in total. The average Bonchev–Trinajstić information content (AvgIpc) is 2.72. The number of benzene rings is 2. The third-order valence-corrected chi connectivity index (χ3v) is 5.65. The second kappa shape index (κ2) is 7.65. The molecule has 0 spiro atoms. The van der Waals surface area contributed by atoms with Crippen LogP contribution in [0.3, 0.4) is 0 Å². The maximum absolute atomic E-state index is 13.9. The van der Waals surface area contributed by atoms with E-state index in [4.69, 9.17) is 10.5 Å². The number of amides is 2. The zero-order chi connectivity index (χ0) is 23.3. The molecule has 0 aliphatic carbocycles. The van der Waals surface area contributed by atoms with Gasteiger partial charge in [-0.3, -0.25) is 9.88 Å². The summed E-state index contributed by atoms with van der Waals surface area (Å²) in [6, 6.07) is 8.41. The van der Waals surface area contributed by atoms with Gasteiger partial charge in [-0.05, 0) is 38.1 Å². The third-order valence-electron chi connectivity index (χ3n) is 5.65. The van der Waals surface area contributed by atoms with Crippen LogP contribution in [0.25, 0.3) is 10.8 Å². The topological polar surface area (TPSA) is 68.5 Å². The molecule has 1 aliphatic rings. The highest BCUT2D eigenvalue weighted by molar-refractivity contribution is 6.03. The number of aryl methyl sites for hydroxylation is 1. The summed E-state index contributed by atoms with van der Waals surface area (Å²) in [7, 11) is 0. The lowest BCUT2D eigenvalue weighted by atomic mass is 9.87. The minimum Gasteiger partial charge on any atom is -0.484 e. The molecule has 2 amide bonds. The van der Waals surface area contributed by atoms with E-state index in [0.717, 1.165) is 17.5 Å². The van der Waals surface area contributed by atoms with Gasteiger partial charge in [0.15, 0.2) is 0 Å². The van der Waals surface area contributed by atoms with E-state index in [-0.39, 0.29) is 12.2 Å². The number of fused-ring (bicyclic) bond motifs is 2. The lowest BCUT2D eigenvalue weighted by Crippen LogP contribution is -2.48. The summed E-state index contributed by atoms with van der Waals surface area (Å²) in [5, 5.41) is 1.45. The van der Waals surface area contributed by atoms with Crippen molar-refractivity contribution in [1.82, 2.24) is 4.98 Å². The molecule has 3 aromatic rings. The highest BCUT2D eigenvalue weighted by Crippen LogP contribution is 2.47. The first kappa shape index (κ1) is 21.9. The second-order valence-electron chi connectivity index (χ2n) is 8.19. The number of pyridine rings is 1. The number of primary amides is 1. The fraction of sp³-hybridized carbons (Fsp3) is 0.304. The Bertz CT molecular complexity index is 1200. The number of carbonyl (C=O) groups excluding carboxylic acids is 1. The van der Waals surface area contributed by atoms with Crippen LogP contribution < -0.4 is 15.4 Å². The summed E-state index contributed by atoms with van der Waals surface area (Å²) in [5.41, 5.74) is 4.91. The Balaban J connectivity index is 1.92. The van der Waals surface area contributed by atoms with E-state index in [9.17, 15) is 22.4 Å². The Labute approximate surface area is 181 Å². The molecule has 2 atom stereocenters. The molecule has 9 heteroatoms. The van der Waals surface area contributed by atoms with Gasteiger partial charge in [0.25, 0.3) is 0 Å². The molecular formula is C23H21F4N3O2. The number of urea groups is 1. The molecule has 1 aromatic heterocycles. The van der Waals surface area contributed by atoms with E-state index >= 15 is 0 Å². The molecule has 0 saturated heterocycles. The summed E-state index contributed by atoms with van der Waals surface area (Å²) < 4.78 is 59.4. The number of nitrogens with two attached hydrogens (primary N) is 1. The number of rotatable bonds is 3. The maximum Gasteiger partial charge on any atom is 0.416 e. The highest BCUT2D eigenvalue weighted by atomic mass is 19.4. The Hall–Kier alpha value is -3.36. The predicted octanol–water partition coefficient (Wildman–Crippen LogP) is 5.70. The monoisotopic (exact) mass is 447 g/mol. The normalized spacial score (nSPS) is 20.5. The number of nitrogens with zero attached hydrogens (tertiary/aromatic N) is 2. The van der Waals surface area contributed by atoms with Crippen molar-refractivity contribution in [2.75, 3.05) is 11.6 Å². The Morgan fingerprint density at radius 1 is 1.28 bits per heavy atom. The number of hydrogen-bond acceptors (Lipinski definition) is 3. The SMILES string of the molecule is Cc1cc2c(N(C(N)=O)C3CC(C)(CF)Oc4cc(C(F)(F)F)ccc43)cccc2cn1. The van der Waals surface area contributed by atoms with Crippen molar-refractivity contribution >= 4 is 22.5 Å². The molecule has 2 unspecified atom stereocenters. The lowest BCUT2D eigenvalue weighted by molar-refractivity contribution is -0.137. The Kier molecular flexibility index (Phi) is 5.22. The van der Waals surface area contributed by atoms with Crippen molar-refractivity contribution in [3.05, 3.63) is 65.5 Å². The van der Waals surface area contributed by atoms with Crippen molar-refractivity contribution < 1.29 is 27.1 Å². The van der Waals surface area contributed by atoms with E-state index < -0.39 is 36.1 Å². The fourth-order valence-corrected chi connectivity index (χ4v) is 4.12. The average molecular weight is 447 g/mol. The van der Waals surface area contributed by atoms with E-state index in [1.807, 2.05) is 6.07 Å². The molecule has 0 radical (unpaired) electrons. The van der Waals surface area contributed by atoms with Gasteiger partial charge in [0.2, 0.25) is 0 Å². The van der Waals surface area contributed by atoms with E-state index in [0.29, 0.717) is 22.3 Å². The van der Waals surface area contributed by atoms with Crippen LogP contribution in [-0.2, 0) is 6.18 Å². The highest BCUT2D eigenvalue weighted by Gasteiger charge is 2.43. The molecule has 168 valence electrons. The number of hydrogen-bond donors (Lipinski definition) is 1. The zero-order valence-electron chi connectivity index (χ0n) is 17.4. The molecule has 1 aliphatic heterocycles. The van der Waals surface area contributed by atoms with Gasteiger partial charge in [0.05, 0.1) is 17.3 Å². The lowest BCUT2D eigenvalue weighted by Gasteiger charge is -2.42. The number of ether oxygens (including phenoxy) is 1. The summed E-state index contributed by atoms with van der Waals surface area (Å²) in [4.78, 5) is 18.2. The van der Waals surface area contributed by atoms with E-state index in [1.54, 1.807) is 31.3 Å². The summed E-state index contributed by atoms with van der Waals surface area (Å²) >= 11 is 0. The fourth-order valence-electron chi connectivity index (χ4n) is 4.12. The number of anilines is 1. The van der Waals surface area contributed by atoms with Gasteiger partial charge in [-0.1, -0.05) is 18.2 Å². The van der Waals surface area contributed by atoms with Gasteiger partial charge < -0.3 is 10.5 Å². The van der Waals surface area contributed by atoms with Crippen LogP contribution in [0.2, 0.25) is 0 Å². The van der Waals surface area contributed by atoms with Crippen molar-refractivity contribution in [2.45, 2.75) is 38.1 Å². The molecular weight excluding hydrogens is 426 g/mol. The number of aromatic nitrogens is 1. The van der Waals surface area contributed by atoms with Crippen LogP contribution in [0.5, 0.6) is 5.75 Å². The van der Waals surface area contributed by atoms with E-state index in [1.165, 1.54) is 17.9 Å². The molecule has 0 bridgehead atoms. The first-order valence-corrected chi connectivity index (χ1v) is 9.92. The van der Waals surface area contributed by atoms with Crippen molar-refractivity contribution in [1.29, 1.82) is 0 Å². The Morgan fingerprint density at radius 3 is 2.69 bits per heavy atom. The molecule has 0 fully saturated rings. The molecule has 0 saturated carbocycles. The zero-order valence-corrected chi connectivity index (χ0v) is 17.4. The molecule has 5 nitrogen and oxygen atoms in total. The minimum absolute atomic E-state index is 0.00522. The molecule has 2 heterocycles. The van der Waals surface area contributed by atoms with Crippen molar-refractivity contribution in [3.8, 4) is 5.75 Å². The largest absolute Gasteiger partial charge is 0.484 e. The van der Waals surface area contributed by atoms with Crippen LogP contribution in [0, 0.1) is 6.92 Å². The van der Waals surface area contributed by atoms with Crippen molar-refractivity contribution in [3.63, 3.8) is 0 Å². The number of halogens is 4. The quantitative estimate of drug-likeness (QED) is 0.524. The minimum atomic E-state index is -4.60. The Morgan fingerprint density at radius 2 is 2.03 bits per heavy atom. The van der Waals surface area contributed by atoms with Gasteiger partial charge in [0.1, 0.15) is 18.0 Å². The molecule has 32 heavy (non-hydrogen) atoms. The summed E-state index contributed by atoms with van der Waals surface area (Å²) in [5.74, 6) is -0.124. The van der Waals surface area contributed by atoms with Crippen LogP contribution in [0.1, 0.15) is 36.2 Å². The second-order valence-corrected chi connectivity index (χ2v) is 8.19. The molecule has 2 aromatic carbocycles. The smallest absolute Gasteiger partial charge is 0.416 e. The van der Waals surface area contributed by atoms with Gasteiger partial charge >= 0.3 is 12.2 Å². The van der Waals surface area contributed by atoms with Gasteiger partial charge in [-0.15, -0.1) is 0 Å². The van der Waals surface area contributed by atoms with Crippen LogP contribution >= 0.6 is 0 Å². The summed E-state index contributed by atoms with van der Waals surface area (Å²) in [6.07, 6.45) is -2.93. The summed E-state index contributed by atoms with van der Waals surface area (Å²) in [6.45, 7) is 2.30. The first-order chi connectivity index (χ1) is 15.0. The van der Waals surface area contributed by atoms with E-state index in [2.05, 4.69) is 4.98 Å². The van der Waals surface area contributed by atoms with Gasteiger partial charge in [-0.25, -0.2) is 9.18 Å². The number of carbonyl (C=O) groups is 1. The van der Waals surface area contributed by atoms with Gasteiger partial charge in [0, 0.05) is 34.6 Å². The van der Waals surface area contributed by atoms with Crippen LogP contribution in [-0.4, -0.2) is 23.3 Å². The standard InChI is InChI=1S/C23H21F4N3O2/c1-13-8-17-14(11-29-13)4-3-5-18(17)30(21(28)31)19-10-22(2,12-24)32-20-9-15(23(25,26)27)6-7-16(19)20/h3-9,11,19H,10,12H2,1-2H3,(H2,28,31). The van der Waals surface area contributed by atoms with Crippen molar-refractivity contribution in [2.24, 2.45) is 5.73 Å². The third kappa shape index (κ3) is 3.83. The predicted molar refractivity (Wildman–Crippen MR) is 112 cm³/mol. The van der Waals surface area contributed by atoms with Crippen LogP contribution in [0.15, 0.2) is 48.7 Å². The molecule has 4 rings (SSSR count).